The number of phenols is 1. The normalized spacial score (nSPS) is 36.1. The van der Waals surface area contributed by atoms with Crippen LogP contribution in [0.4, 0.5) is 0 Å². The number of hydrogen-bond donors (Lipinski definition) is 3. The van der Waals surface area contributed by atoms with E-state index in [0.29, 0.717) is 29.7 Å². The predicted octanol–water partition coefficient (Wildman–Crippen LogP) is 4.36. The molecule has 0 unspecified atom stereocenters. The number of amides is 1. The van der Waals surface area contributed by atoms with Crippen molar-refractivity contribution in [3.63, 3.8) is 0 Å². The number of aliphatic carboxylic acids is 1. The molecule has 1 aromatic carbocycles. The van der Waals surface area contributed by atoms with Gasteiger partial charge in [0.15, 0.2) is 0 Å². The summed E-state index contributed by atoms with van der Waals surface area (Å²) >= 11 is 0. The van der Waals surface area contributed by atoms with Crippen LogP contribution in [0.1, 0.15) is 88.7 Å². The largest absolute Gasteiger partial charge is 0.508 e. The molecule has 0 radical (unpaired) electrons. The number of aromatic hydroxyl groups is 1. The van der Waals surface area contributed by atoms with Gasteiger partial charge in [0, 0.05) is 23.0 Å². The lowest BCUT2D eigenvalue weighted by molar-refractivity contribution is -0.210. The Hall–Kier alpha value is -2.28. The van der Waals surface area contributed by atoms with Crippen molar-refractivity contribution in [3.8, 4) is 11.5 Å². The Labute approximate surface area is 207 Å². The van der Waals surface area contributed by atoms with Crippen molar-refractivity contribution < 1.29 is 29.6 Å². The third kappa shape index (κ3) is 3.06. The lowest BCUT2D eigenvalue weighted by Crippen LogP contribution is -2.66. The number of carbonyl (C=O) groups is 2. The van der Waals surface area contributed by atoms with Gasteiger partial charge in [-0.1, -0.05) is 41.5 Å². The summed E-state index contributed by atoms with van der Waals surface area (Å²) in [6.45, 7) is 12.6. The smallest absolute Gasteiger partial charge is 0.326 e. The van der Waals surface area contributed by atoms with Crippen molar-refractivity contribution >= 4 is 11.9 Å². The van der Waals surface area contributed by atoms with Crippen LogP contribution in [-0.4, -0.2) is 49.8 Å². The van der Waals surface area contributed by atoms with Crippen molar-refractivity contribution in [2.24, 2.45) is 28.6 Å². The van der Waals surface area contributed by atoms with Crippen molar-refractivity contribution in [2.75, 3.05) is 0 Å². The van der Waals surface area contributed by atoms with E-state index in [1.807, 2.05) is 0 Å². The fourth-order valence-electron chi connectivity index (χ4n) is 8.29. The lowest BCUT2D eigenvalue weighted by Gasteiger charge is -2.64. The van der Waals surface area contributed by atoms with Crippen LogP contribution in [-0.2, 0) is 17.8 Å². The first kappa shape index (κ1) is 24.4. The van der Waals surface area contributed by atoms with E-state index in [9.17, 15) is 24.9 Å². The van der Waals surface area contributed by atoms with Crippen LogP contribution in [0.3, 0.4) is 0 Å². The Morgan fingerprint density at radius 1 is 1.17 bits per heavy atom. The first-order valence-electron chi connectivity index (χ1n) is 13.0. The number of carboxylic acids is 1. The van der Waals surface area contributed by atoms with Crippen LogP contribution in [0.15, 0.2) is 6.07 Å². The van der Waals surface area contributed by atoms with E-state index in [1.165, 1.54) is 11.0 Å². The van der Waals surface area contributed by atoms with Gasteiger partial charge in [-0.3, -0.25) is 4.79 Å². The fraction of sp³-hybridized carbons (Fsp3) is 0.714. The highest BCUT2D eigenvalue weighted by atomic mass is 16.5. The van der Waals surface area contributed by atoms with Gasteiger partial charge >= 0.3 is 5.97 Å². The average Bonchev–Trinajstić information content (AvgIpc) is 3.31. The molecule has 2 fully saturated rings. The van der Waals surface area contributed by atoms with Gasteiger partial charge in [0.2, 0.25) is 0 Å². The molecule has 1 spiro atoms. The summed E-state index contributed by atoms with van der Waals surface area (Å²) in [5.74, 6) is -0.543. The zero-order valence-electron chi connectivity index (χ0n) is 21.7. The molecular weight excluding hydrogens is 446 g/mol. The number of fused-ring (bicyclic) bond motifs is 5. The van der Waals surface area contributed by atoms with Gasteiger partial charge in [-0.25, -0.2) is 4.79 Å². The molecule has 5 rings (SSSR count). The van der Waals surface area contributed by atoms with Gasteiger partial charge in [-0.15, -0.1) is 0 Å². The molecule has 7 heteroatoms. The zero-order chi connectivity index (χ0) is 25.7. The number of rotatable bonds is 3. The summed E-state index contributed by atoms with van der Waals surface area (Å²) in [7, 11) is 0. The number of carbonyl (C=O) groups excluding carboxylic acids is 1. The van der Waals surface area contributed by atoms with Crippen molar-refractivity contribution in [1.29, 1.82) is 0 Å². The summed E-state index contributed by atoms with van der Waals surface area (Å²) in [6, 6.07) is 0.569. The molecule has 192 valence electrons. The van der Waals surface area contributed by atoms with Crippen LogP contribution >= 0.6 is 0 Å². The topological polar surface area (TPSA) is 107 Å². The Morgan fingerprint density at radius 2 is 1.86 bits per heavy atom. The van der Waals surface area contributed by atoms with E-state index < -0.39 is 17.6 Å². The zero-order valence-corrected chi connectivity index (χ0v) is 21.7. The van der Waals surface area contributed by atoms with Gasteiger partial charge in [-0.05, 0) is 54.9 Å². The highest BCUT2D eigenvalue weighted by molar-refractivity contribution is 6.02. The van der Waals surface area contributed by atoms with E-state index >= 15 is 0 Å². The third-order valence-corrected chi connectivity index (χ3v) is 10.3. The number of benzene rings is 1. The van der Waals surface area contributed by atoms with Gasteiger partial charge in [-0.2, -0.15) is 0 Å². The van der Waals surface area contributed by atoms with Crippen LogP contribution in [0.25, 0.3) is 0 Å². The van der Waals surface area contributed by atoms with E-state index in [-0.39, 0.29) is 52.9 Å². The van der Waals surface area contributed by atoms with E-state index in [1.54, 1.807) is 13.8 Å². The lowest BCUT2D eigenvalue weighted by atomic mass is 9.43. The molecule has 1 amide bonds. The van der Waals surface area contributed by atoms with Crippen LogP contribution in [0.5, 0.6) is 11.5 Å². The molecule has 2 saturated carbocycles. The number of nitrogens with zero attached hydrogens (tertiary/aromatic N) is 1. The third-order valence-electron chi connectivity index (χ3n) is 10.3. The molecule has 7 nitrogen and oxygen atoms in total. The molecule has 35 heavy (non-hydrogen) atoms. The molecule has 6 atom stereocenters. The maximum absolute atomic E-state index is 13.3. The molecule has 2 aliphatic heterocycles. The first-order valence-corrected chi connectivity index (χ1v) is 13.0. The van der Waals surface area contributed by atoms with Crippen LogP contribution in [0.2, 0.25) is 0 Å². The summed E-state index contributed by atoms with van der Waals surface area (Å²) in [5.41, 5.74) is 0.751. The first-order chi connectivity index (χ1) is 16.3. The van der Waals surface area contributed by atoms with E-state index in [4.69, 9.17) is 4.74 Å². The van der Waals surface area contributed by atoms with Gasteiger partial charge < -0.3 is 25.0 Å². The van der Waals surface area contributed by atoms with Crippen molar-refractivity contribution in [2.45, 2.75) is 97.9 Å². The number of ether oxygens (including phenoxy) is 1. The van der Waals surface area contributed by atoms with Crippen molar-refractivity contribution in [3.05, 3.63) is 22.8 Å². The molecule has 0 aromatic heterocycles. The highest BCUT2D eigenvalue weighted by Gasteiger charge is 2.67. The summed E-state index contributed by atoms with van der Waals surface area (Å²) in [6.07, 6.45) is 3.73. The second-order valence-electron chi connectivity index (χ2n) is 12.7. The monoisotopic (exact) mass is 485 g/mol. The molecule has 3 N–H and O–H groups in total. The number of aliphatic hydroxyl groups is 1. The number of aliphatic hydroxyl groups excluding tert-OH is 1. The minimum Gasteiger partial charge on any atom is -0.508 e. The van der Waals surface area contributed by atoms with Crippen LogP contribution < -0.4 is 4.74 Å². The highest BCUT2D eigenvalue weighted by Crippen LogP contribution is 2.67. The number of phenolic OH excluding ortho intramolecular Hbond substituents is 1. The minimum atomic E-state index is -1.03. The predicted molar refractivity (Wildman–Crippen MR) is 130 cm³/mol. The molecule has 2 aliphatic carbocycles. The maximum Gasteiger partial charge on any atom is 0.326 e. The van der Waals surface area contributed by atoms with E-state index in [0.717, 1.165) is 24.8 Å². The average molecular weight is 486 g/mol. The second-order valence-corrected chi connectivity index (χ2v) is 12.7. The Bertz CT molecular complexity index is 1100. The summed E-state index contributed by atoms with van der Waals surface area (Å²) in [4.78, 5) is 26.7. The Morgan fingerprint density at radius 3 is 2.49 bits per heavy atom. The molecule has 2 heterocycles. The molecular formula is C28H39NO6. The maximum atomic E-state index is 13.3. The van der Waals surface area contributed by atoms with Crippen molar-refractivity contribution in [1.82, 2.24) is 4.90 Å². The summed E-state index contributed by atoms with van der Waals surface area (Å²) in [5, 5.41) is 31.8. The quantitative estimate of drug-likeness (QED) is 0.587. The molecule has 1 aromatic rings. The standard InChI is InChI=1S/C28H39NO6/c1-14(2)22(25(33)34)29-13-18-16(24(29)32)11-19(30)17-12-28(35-23(17)18)15(3)7-8-20-26(4,5)21(31)9-10-27(20,28)6/h11,14-15,20-22,30-31H,7-10,12-13H2,1-6H3,(H,33,34)/t15-,20-,21+,22-,27+,28-/m1/s1. The van der Waals surface area contributed by atoms with Gasteiger partial charge in [0.25, 0.3) is 5.91 Å². The SMILES string of the molecule is CC(C)[C@H](C(=O)O)N1Cc2c(cc(O)c3c2O[C@]2(C3)[C@H](C)CC[C@@H]3C(C)(C)[C@@H](O)CC[C@@]32C)C1=O. The Kier molecular flexibility index (Phi) is 5.31. The minimum absolute atomic E-state index is 0.0512. The number of hydrogen-bond acceptors (Lipinski definition) is 5. The molecule has 0 saturated heterocycles. The molecule has 4 aliphatic rings. The van der Waals surface area contributed by atoms with Gasteiger partial charge in [0.1, 0.15) is 23.1 Å². The second kappa shape index (κ2) is 7.61. The fourth-order valence-corrected chi connectivity index (χ4v) is 8.29. The number of carboxylic acid groups (broad SMARTS) is 1. The molecule has 0 bridgehead atoms. The van der Waals surface area contributed by atoms with E-state index in [2.05, 4.69) is 27.7 Å². The summed E-state index contributed by atoms with van der Waals surface area (Å²) < 4.78 is 7.00. The van der Waals surface area contributed by atoms with Gasteiger partial charge in [0.05, 0.1) is 18.2 Å². The Balaban J connectivity index is 1.59. The van der Waals surface area contributed by atoms with Crippen LogP contribution in [0, 0.1) is 28.6 Å².